The van der Waals surface area contributed by atoms with E-state index in [4.69, 9.17) is 5.73 Å². The Balaban J connectivity index is 2.06. The highest BCUT2D eigenvalue weighted by atomic mass is 15.3. The predicted octanol–water partition coefficient (Wildman–Crippen LogP) is 1.83. The van der Waals surface area contributed by atoms with Crippen LogP contribution in [-0.4, -0.2) is 24.4 Å². The van der Waals surface area contributed by atoms with Crippen LogP contribution < -0.4 is 5.73 Å². The Morgan fingerprint density at radius 1 is 1.32 bits per heavy atom. The van der Waals surface area contributed by atoms with Gasteiger partial charge in [0.1, 0.15) is 0 Å². The number of pyridine rings is 1. The summed E-state index contributed by atoms with van der Waals surface area (Å²) in [5.74, 6) is 0.840. The second-order valence-corrected chi connectivity index (χ2v) is 5.00. The summed E-state index contributed by atoms with van der Waals surface area (Å²) in [7, 11) is 0. The van der Waals surface area contributed by atoms with Gasteiger partial charge in [0, 0.05) is 18.3 Å². The molecule has 0 saturated heterocycles. The summed E-state index contributed by atoms with van der Waals surface area (Å²) < 4.78 is 3.69. The first-order valence-electron chi connectivity index (χ1n) is 6.27. The summed E-state index contributed by atoms with van der Waals surface area (Å²) in [6.45, 7) is 5.23. The van der Waals surface area contributed by atoms with Crippen molar-refractivity contribution in [2.24, 2.45) is 5.92 Å². The average Bonchev–Trinajstić information content (AvgIpc) is 2.92. The van der Waals surface area contributed by atoms with E-state index in [1.807, 2.05) is 35.3 Å². The molecule has 0 spiro atoms. The molecule has 0 aromatic carbocycles. The van der Waals surface area contributed by atoms with Crippen molar-refractivity contribution in [2.45, 2.75) is 20.4 Å². The van der Waals surface area contributed by atoms with Crippen molar-refractivity contribution in [2.75, 3.05) is 5.73 Å². The van der Waals surface area contributed by atoms with Crippen LogP contribution in [0, 0.1) is 5.92 Å². The van der Waals surface area contributed by atoms with E-state index in [-0.39, 0.29) is 5.95 Å². The zero-order valence-electron chi connectivity index (χ0n) is 11.0. The van der Waals surface area contributed by atoms with Gasteiger partial charge in [-0.15, -0.1) is 5.10 Å². The van der Waals surface area contributed by atoms with E-state index in [0.29, 0.717) is 5.92 Å². The highest BCUT2D eigenvalue weighted by Crippen LogP contribution is 2.20. The lowest BCUT2D eigenvalue weighted by molar-refractivity contribution is 0.483. The maximum Gasteiger partial charge on any atom is 0.240 e. The van der Waals surface area contributed by atoms with Gasteiger partial charge in [-0.2, -0.15) is 10.1 Å². The molecule has 0 unspecified atom stereocenters. The molecule has 3 aromatic heterocycles. The minimum absolute atomic E-state index is 0.280. The molecular formula is C13H16N6. The molecule has 19 heavy (non-hydrogen) atoms. The number of nitrogens with two attached hydrogens (primary N) is 1. The second-order valence-electron chi connectivity index (χ2n) is 5.00. The van der Waals surface area contributed by atoms with E-state index in [9.17, 15) is 0 Å². The van der Waals surface area contributed by atoms with Gasteiger partial charge in [0.25, 0.3) is 0 Å². The average molecular weight is 256 g/mol. The van der Waals surface area contributed by atoms with Gasteiger partial charge in [0.05, 0.1) is 11.9 Å². The number of nitrogens with zero attached hydrogens (tertiary/aromatic N) is 5. The van der Waals surface area contributed by atoms with Crippen molar-refractivity contribution in [1.82, 2.24) is 24.4 Å². The van der Waals surface area contributed by atoms with E-state index in [1.54, 1.807) is 4.52 Å². The summed E-state index contributed by atoms with van der Waals surface area (Å²) in [6, 6.07) is 5.81. The monoisotopic (exact) mass is 256 g/mol. The molecule has 98 valence electrons. The van der Waals surface area contributed by atoms with Crippen LogP contribution in [-0.2, 0) is 6.54 Å². The SMILES string of the molecule is CC(C)Cn1cc(-c2cccc3nc(N)nn23)cn1. The molecule has 2 N–H and O–H groups in total. The summed E-state index contributed by atoms with van der Waals surface area (Å²) in [6.07, 6.45) is 3.86. The number of rotatable bonds is 3. The summed E-state index contributed by atoms with van der Waals surface area (Å²) in [5, 5.41) is 8.58. The van der Waals surface area contributed by atoms with Gasteiger partial charge in [0.15, 0.2) is 5.65 Å². The first kappa shape index (κ1) is 11.7. The molecule has 3 rings (SSSR count). The van der Waals surface area contributed by atoms with Gasteiger partial charge in [-0.1, -0.05) is 19.9 Å². The normalized spacial score (nSPS) is 11.5. The molecule has 0 aliphatic rings. The minimum Gasteiger partial charge on any atom is -0.366 e. The van der Waals surface area contributed by atoms with Gasteiger partial charge in [0.2, 0.25) is 5.95 Å². The second kappa shape index (κ2) is 4.38. The Morgan fingerprint density at radius 3 is 2.95 bits per heavy atom. The molecule has 0 saturated carbocycles. The predicted molar refractivity (Wildman–Crippen MR) is 73.5 cm³/mol. The Hall–Kier alpha value is -2.37. The van der Waals surface area contributed by atoms with Crippen LogP contribution in [0.3, 0.4) is 0 Å². The van der Waals surface area contributed by atoms with E-state index in [1.165, 1.54) is 0 Å². The molecule has 0 fully saturated rings. The highest BCUT2D eigenvalue weighted by molar-refractivity contribution is 5.62. The maximum absolute atomic E-state index is 5.64. The molecule has 3 heterocycles. The number of hydrogen-bond acceptors (Lipinski definition) is 4. The van der Waals surface area contributed by atoms with Crippen LogP contribution in [0.15, 0.2) is 30.6 Å². The lowest BCUT2D eigenvalue weighted by Crippen LogP contribution is -2.04. The third kappa shape index (κ3) is 2.16. The third-order valence-corrected chi connectivity index (χ3v) is 2.86. The number of nitrogen functional groups attached to an aromatic ring is 1. The van der Waals surface area contributed by atoms with Crippen molar-refractivity contribution in [3.63, 3.8) is 0 Å². The molecule has 6 heteroatoms. The van der Waals surface area contributed by atoms with E-state index in [0.717, 1.165) is 23.4 Å². The fourth-order valence-corrected chi connectivity index (χ4v) is 2.11. The van der Waals surface area contributed by atoms with Crippen molar-refractivity contribution in [3.8, 4) is 11.3 Å². The van der Waals surface area contributed by atoms with Crippen LogP contribution in [0.5, 0.6) is 0 Å². The van der Waals surface area contributed by atoms with Gasteiger partial charge in [-0.25, -0.2) is 4.52 Å². The van der Waals surface area contributed by atoms with Crippen molar-refractivity contribution < 1.29 is 0 Å². The van der Waals surface area contributed by atoms with Crippen LogP contribution >= 0.6 is 0 Å². The van der Waals surface area contributed by atoms with Crippen LogP contribution in [0.4, 0.5) is 5.95 Å². The molecule has 3 aromatic rings. The largest absolute Gasteiger partial charge is 0.366 e. The lowest BCUT2D eigenvalue weighted by atomic mass is 10.2. The number of aromatic nitrogens is 5. The van der Waals surface area contributed by atoms with Crippen molar-refractivity contribution in [1.29, 1.82) is 0 Å². The van der Waals surface area contributed by atoms with Crippen molar-refractivity contribution >= 4 is 11.6 Å². The summed E-state index contributed by atoms with van der Waals surface area (Å²) >= 11 is 0. The van der Waals surface area contributed by atoms with Gasteiger partial charge < -0.3 is 5.73 Å². The Labute approximate surface area is 110 Å². The first-order valence-corrected chi connectivity index (χ1v) is 6.27. The summed E-state index contributed by atoms with van der Waals surface area (Å²) in [4.78, 5) is 4.16. The maximum atomic E-state index is 5.64. The molecule has 0 radical (unpaired) electrons. The van der Waals surface area contributed by atoms with Gasteiger partial charge in [-0.05, 0) is 18.1 Å². The molecular weight excluding hydrogens is 240 g/mol. The molecule has 0 amide bonds. The molecule has 0 atom stereocenters. The fraction of sp³-hybridized carbons (Fsp3) is 0.308. The van der Waals surface area contributed by atoms with Crippen LogP contribution in [0.25, 0.3) is 16.9 Å². The van der Waals surface area contributed by atoms with Gasteiger partial charge in [-0.3, -0.25) is 4.68 Å². The smallest absolute Gasteiger partial charge is 0.240 e. The van der Waals surface area contributed by atoms with Gasteiger partial charge >= 0.3 is 0 Å². The fourth-order valence-electron chi connectivity index (χ4n) is 2.11. The molecule has 0 aliphatic heterocycles. The zero-order valence-corrected chi connectivity index (χ0v) is 11.0. The van der Waals surface area contributed by atoms with Crippen LogP contribution in [0.2, 0.25) is 0 Å². The third-order valence-electron chi connectivity index (χ3n) is 2.86. The Kier molecular flexibility index (Phi) is 2.70. The number of hydrogen-bond donors (Lipinski definition) is 1. The lowest BCUT2D eigenvalue weighted by Gasteiger charge is -2.03. The summed E-state index contributed by atoms with van der Waals surface area (Å²) in [5.41, 5.74) is 8.34. The standard InChI is InChI=1S/C13H16N6/c1-9(2)7-18-8-10(6-15-18)11-4-3-5-12-16-13(14)17-19(11)12/h3-6,8-9H,7H2,1-2H3,(H2,14,17). The van der Waals surface area contributed by atoms with Crippen LogP contribution in [0.1, 0.15) is 13.8 Å². The van der Waals surface area contributed by atoms with E-state index in [2.05, 4.69) is 29.0 Å². The molecule has 6 nitrogen and oxygen atoms in total. The number of fused-ring (bicyclic) bond motifs is 1. The zero-order chi connectivity index (χ0) is 13.4. The quantitative estimate of drug-likeness (QED) is 0.775. The highest BCUT2D eigenvalue weighted by Gasteiger charge is 2.09. The first-order chi connectivity index (χ1) is 9.13. The number of anilines is 1. The molecule has 0 bridgehead atoms. The Morgan fingerprint density at radius 2 is 2.16 bits per heavy atom. The van der Waals surface area contributed by atoms with Crippen molar-refractivity contribution in [3.05, 3.63) is 30.6 Å². The Bertz CT molecular complexity index is 709. The van der Waals surface area contributed by atoms with E-state index < -0.39 is 0 Å². The molecule has 0 aliphatic carbocycles. The van der Waals surface area contributed by atoms with E-state index >= 15 is 0 Å². The topological polar surface area (TPSA) is 74.0 Å². The minimum atomic E-state index is 0.280.